The molecule has 0 bridgehead atoms. The van der Waals surface area contributed by atoms with E-state index in [4.69, 9.17) is 0 Å². The van der Waals surface area contributed by atoms with Crippen LogP contribution >= 0.6 is 8.20 Å². The number of hydrogen-bond acceptors (Lipinski definition) is 0. The van der Waals surface area contributed by atoms with Crippen LogP contribution in [0.5, 0.6) is 0 Å². The monoisotopic (exact) mass is 350 g/mol. The van der Waals surface area contributed by atoms with Crippen molar-refractivity contribution in [3.05, 3.63) is 33.4 Å². The summed E-state index contributed by atoms with van der Waals surface area (Å²) >= 11 is 0. The molecule has 0 N–H and O–H groups in total. The Morgan fingerprint density at radius 2 is 1.73 bits per heavy atom. The normalized spacial score (nSPS) is 23.3. The standard InChI is InChI=1S/C10H11PSi.2ClH.Zr/c1-6-10-9-7(11-6)4-5-8(9)12(10,2)3;;;/h4-5H,1-3H3;2*1H;/q;;;+2/p-2. The molecule has 1 aliphatic carbocycles. The third-order valence-electron chi connectivity index (χ3n) is 3.13. The molecule has 0 atom stereocenters. The van der Waals surface area contributed by atoms with Crippen molar-refractivity contribution in [1.29, 1.82) is 0 Å². The van der Waals surface area contributed by atoms with E-state index in [1.54, 1.807) is 26.6 Å². The molecule has 15 heavy (non-hydrogen) atoms. The maximum absolute atomic E-state index is 2.47. The van der Waals surface area contributed by atoms with Crippen molar-refractivity contribution in [2.45, 2.75) is 20.0 Å². The van der Waals surface area contributed by atoms with Gasteiger partial charge in [0.15, 0.2) is 0 Å². The van der Waals surface area contributed by atoms with E-state index in [-0.39, 0.29) is 51.0 Å². The molecule has 0 aromatic rings. The third kappa shape index (κ3) is 1.78. The largest absolute Gasteiger partial charge is 2.00 e. The van der Waals surface area contributed by atoms with Crippen molar-refractivity contribution < 1.29 is 51.0 Å². The first kappa shape index (κ1) is 16.1. The van der Waals surface area contributed by atoms with Crippen molar-refractivity contribution in [2.24, 2.45) is 0 Å². The SMILES string of the molecule is CC1=PC2=CC=C3C2=C1[Si]3(C)C.[Cl-].[Cl-].[Zr+2]. The molecular weight excluding hydrogens is 341 g/mol. The number of rotatable bonds is 0. The summed E-state index contributed by atoms with van der Waals surface area (Å²) in [6.07, 6.45) is 4.68. The van der Waals surface area contributed by atoms with Crippen LogP contribution in [0.3, 0.4) is 0 Å². The van der Waals surface area contributed by atoms with Gasteiger partial charge in [-0.3, -0.25) is 0 Å². The minimum atomic E-state index is -1.09. The summed E-state index contributed by atoms with van der Waals surface area (Å²) in [6.45, 7) is 7.24. The molecule has 0 spiro atoms. The van der Waals surface area contributed by atoms with Gasteiger partial charge in [0.05, 0.1) is 0 Å². The zero-order valence-electron chi connectivity index (χ0n) is 8.86. The van der Waals surface area contributed by atoms with Crippen LogP contribution in [-0.4, -0.2) is 13.4 Å². The molecule has 3 rings (SSSR count). The topological polar surface area (TPSA) is 0 Å². The first-order valence-corrected chi connectivity index (χ1v) is 8.25. The Balaban J connectivity index is 0.000000653. The summed E-state index contributed by atoms with van der Waals surface area (Å²) in [6, 6.07) is 0. The summed E-state index contributed by atoms with van der Waals surface area (Å²) in [7, 11) is 0.396. The molecule has 5 heteroatoms. The zero-order chi connectivity index (χ0) is 8.51. The predicted molar refractivity (Wildman–Crippen MR) is 58.3 cm³/mol. The van der Waals surface area contributed by atoms with E-state index >= 15 is 0 Å². The molecule has 0 amide bonds. The summed E-state index contributed by atoms with van der Waals surface area (Å²) in [5.41, 5.74) is 1.64. The van der Waals surface area contributed by atoms with Crippen LogP contribution in [-0.2, 0) is 26.2 Å². The molecule has 0 aromatic carbocycles. The average Bonchev–Trinajstić information content (AvgIpc) is 2.39. The molecule has 0 aromatic heterocycles. The Hall–Kier alpha value is 1.07. The van der Waals surface area contributed by atoms with Crippen molar-refractivity contribution in [3.63, 3.8) is 0 Å². The van der Waals surface area contributed by atoms with Crippen LogP contribution in [0.25, 0.3) is 0 Å². The Morgan fingerprint density at radius 3 is 2.33 bits per heavy atom. The maximum Gasteiger partial charge on any atom is 2.00 e. The van der Waals surface area contributed by atoms with Crippen LogP contribution in [0, 0.1) is 0 Å². The van der Waals surface area contributed by atoms with Crippen LogP contribution < -0.4 is 24.8 Å². The van der Waals surface area contributed by atoms with Gasteiger partial charge in [0.1, 0.15) is 8.07 Å². The molecule has 0 unspecified atom stereocenters. The van der Waals surface area contributed by atoms with Gasteiger partial charge in [-0.25, -0.2) is 0 Å². The zero-order valence-corrected chi connectivity index (χ0v) is 14.7. The van der Waals surface area contributed by atoms with Gasteiger partial charge < -0.3 is 24.8 Å². The Bertz CT molecular complexity index is 433. The molecule has 0 fully saturated rings. The fraction of sp³-hybridized carbons (Fsp3) is 0.300. The van der Waals surface area contributed by atoms with Gasteiger partial charge in [0, 0.05) is 5.31 Å². The molecule has 2 aliphatic heterocycles. The summed E-state index contributed by atoms with van der Waals surface area (Å²) in [5.74, 6) is 0. The van der Waals surface area contributed by atoms with Gasteiger partial charge in [-0.05, 0) is 34.3 Å². The van der Waals surface area contributed by atoms with Crippen molar-refractivity contribution >= 4 is 21.6 Å². The molecule has 0 saturated carbocycles. The molecule has 0 saturated heterocycles. The average molecular weight is 352 g/mol. The molecule has 0 radical (unpaired) electrons. The van der Waals surface area contributed by atoms with Crippen molar-refractivity contribution in [2.75, 3.05) is 0 Å². The van der Waals surface area contributed by atoms with Crippen molar-refractivity contribution in [3.8, 4) is 0 Å². The van der Waals surface area contributed by atoms with Gasteiger partial charge >= 0.3 is 26.2 Å². The molecule has 78 valence electrons. The second-order valence-electron chi connectivity index (χ2n) is 4.20. The number of allylic oxidation sites excluding steroid dienone is 6. The van der Waals surface area contributed by atoms with Gasteiger partial charge in [-0.15, -0.1) is 0 Å². The van der Waals surface area contributed by atoms with Crippen LogP contribution in [0.15, 0.2) is 33.4 Å². The smallest absolute Gasteiger partial charge is 1.00 e. The van der Waals surface area contributed by atoms with E-state index < -0.39 is 8.07 Å². The Labute approximate surface area is 125 Å². The Morgan fingerprint density at radius 1 is 1.13 bits per heavy atom. The fourth-order valence-electron chi connectivity index (χ4n) is 2.60. The van der Waals surface area contributed by atoms with Crippen LogP contribution in [0.4, 0.5) is 0 Å². The predicted octanol–water partition coefficient (Wildman–Crippen LogP) is -2.94. The second-order valence-corrected chi connectivity index (χ2v) is 9.87. The number of halogens is 2. The summed E-state index contributed by atoms with van der Waals surface area (Å²) in [5, 5.41) is 6.67. The van der Waals surface area contributed by atoms with Gasteiger partial charge in [-0.1, -0.05) is 27.4 Å². The summed E-state index contributed by atoms with van der Waals surface area (Å²) in [4.78, 5) is 0. The number of hydrogen-bond donors (Lipinski definition) is 0. The van der Waals surface area contributed by atoms with E-state index in [0.717, 1.165) is 0 Å². The van der Waals surface area contributed by atoms with E-state index in [0.29, 0.717) is 0 Å². The first-order valence-electron chi connectivity index (χ1n) is 4.36. The van der Waals surface area contributed by atoms with E-state index in [1.807, 2.05) is 0 Å². The minimum absolute atomic E-state index is 0. The van der Waals surface area contributed by atoms with E-state index in [9.17, 15) is 0 Å². The van der Waals surface area contributed by atoms with Crippen LogP contribution in [0.1, 0.15) is 6.92 Å². The minimum Gasteiger partial charge on any atom is -1.00 e. The molecule has 0 nitrogen and oxygen atoms in total. The van der Waals surface area contributed by atoms with Crippen LogP contribution in [0.2, 0.25) is 13.1 Å². The molecular formula is C10H11Cl2PSiZr. The van der Waals surface area contributed by atoms with Gasteiger partial charge in [0.2, 0.25) is 0 Å². The van der Waals surface area contributed by atoms with Gasteiger partial charge in [0.25, 0.3) is 0 Å². The van der Waals surface area contributed by atoms with Crippen molar-refractivity contribution in [1.82, 2.24) is 0 Å². The Kier molecular flexibility index (Phi) is 5.09. The fourth-order valence-corrected chi connectivity index (χ4v) is 8.16. The third-order valence-corrected chi connectivity index (χ3v) is 8.15. The second kappa shape index (κ2) is 4.75. The quantitative estimate of drug-likeness (QED) is 0.323. The first-order chi connectivity index (χ1) is 5.62. The van der Waals surface area contributed by atoms with E-state index in [2.05, 4.69) is 32.2 Å². The summed E-state index contributed by atoms with van der Waals surface area (Å²) < 4.78 is 0. The maximum atomic E-state index is 2.47. The van der Waals surface area contributed by atoms with E-state index in [1.165, 1.54) is 8.20 Å². The molecule has 2 heterocycles. The van der Waals surface area contributed by atoms with Gasteiger partial charge in [-0.2, -0.15) is 0 Å². The molecule has 3 aliphatic rings.